The Morgan fingerprint density at radius 2 is 1.52 bits per heavy atom. The largest absolute Gasteiger partial charge is 0.456 e. The van der Waals surface area contributed by atoms with E-state index in [4.69, 9.17) is 9.47 Å². The number of carbonyl (C=O) groups excluding carboxylic acids is 1. The fourth-order valence-electron chi connectivity index (χ4n) is 2.79. The number of para-hydroxylation sites is 2. The van der Waals surface area contributed by atoms with Crippen LogP contribution in [-0.2, 0) is 9.53 Å². The van der Waals surface area contributed by atoms with E-state index in [0.717, 1.165) is 35.7 Å². The van der Waals surface area contributed by atoms with Gasteiger partial charge in [-0.3, -0.25) is 9.69 Å². The average Bonchev–Trinajstić information content (AvgIpc) is 2.59. The number of nitrogens with zero attached hydrogens (tertiary/aromatic N) is 1. The Morgan fingerprint density at radius 1 is 1.00 bits per heavy atom. The maximum Gasteiger partial charge on any atom is 0.321 e. The second kappa shape index (κ2) is 6.84. The molecule has 0 fully saturated rings. The average molecular weight is 311 g/mol. The van der Waals surface area contributed by atoms with Crippen LogP contribution in [0.2, 0.25) is 0 Å². The number of esters is 1. The van der Waals surface area contributed by atoms with Gasteiger partial charge in [0.15, 0.2) is 6.10 Å². The molecule has 1 aliphatic heterocycles. The number of ether oxygens (including phenoxy) is 2. The van der Waals surface area contributed by atoms with Gasteiger partial charge in [0.25, 0.3) is 0 Å². The lowest BCUT2D eigenvalue weighted by molar-refractivity contribution is -0.149. The van der Waals surface area contributed by atoms with Crippen molar-refractivity contribution < 1.29 is 14.3 Å². The highest BCUT2D eigenvalue weighted by Gasteiger charge is 2.30. The Morgan fingerprint density at radius 3 is 2.04 bits per heavy atom. The minimum Gasteiger partial charge on any atom is -0.456 e. The van der Waals surface area contributed by atoms with Crippen molar-refractivity contribution in [2.75, 3.05) is 19.6 Å². The van der Waals surface area contributed by atoms with Crippen molar-refractivity contribution >= 4 is 5.97 Å². The SMILES string of the molecule is CCN(CC)CC(=O)OC1c2ccccc2Oc2ccccc21. The van der Waals surface area contributed by atoms with Crippen molar-refractivity contribution in [2.45, 2.75) is 20.0 Å². The van der Waals surface area contributed by atoms with E-state index in [1.807, 2.05) is 67.3 Å². The van der Waals surface area contributed by atoms with Crippen LogP contribution in [0.4, 0.5) is 0 Å². The molecule has 0 unspecified atom stereocenters. The van der Waals surface area contributed by atoms with E-state index in [2.05, 4.69) is 0 Å². The lowest BCUT2D eigenvalue weighted by Crippen LogP contribution is -2.31. The first-order valence-corrected chi connectivity index (χ1v) is 8.00. The van der Waals surface area contributed by atoms with E-state index in [1.165, 1.54) is 0 Å². The number of carbonyl (C=O) groups is 1. The number of rotatable bonds is 5. The number of hydrogen-bond donors (Lipinski definition) is 0. The highest BCUT2D eigenvalue weighted by atomic mass is 16.6. The number of benzene rings is 2. The molecule has 0 aliphatic carbocycles. The molecule has 0 saturated heterocycles. The predicted molar refractivity (Wildman–Crippen MR) is 88.7 cm³/mol. The summed E-state index contributed by atoms with van der Waals surface area (Å²) in [6, 6.07) is 15.4. The van der Waals surface area contributed by atoms with E-state index in [0.29, 0.717) is 6.54 Å². The quantitative estimate of drug-likeness (QED) is 0.788. The third-order valence-corrected chi connectivity index (χ3v) is 4.12. The zero-order valence-corrected chi connectivity index (χ0v) is 13.5. The van der Waals surface area contributed by atoms with Gasteiger partial charge in [-0.25, -0.2) is 0 Å². The number of likely N-dealkylation sites (N-methyl/N-ethyl adjacent to an activating group) is 1. The third-order valence-electron chi connectivity index (χ3n) is 4.12. The van der Waals surface area contributed by atoms with Crippen molar-refractivity contribution in [2.24, 2.45) is 0 Å². The van der Waals surface area contributed by atoms with Crippen LogP contribution in [0.15, 0.2) is 48.5 Å². The molecule has 1 aliphatic rings. The van der Waals surface area contributed by atoms with Crippen LogP contribution in [0, 0.1) is 0 Å². The first-order chi connectivity index (χ1) is 11.2. The molecule has 120 valence electrons. The fourth-order valence-corrected chi connectivity index (χ4v) is 2.79. The molecule has 0 aromatic heterocycles. The lowest BCUT2D eigenvalue weighted by Gasteiger charge is -2.28. The maximum absolute atomic E-state index is 12.4. The number of fused-ring (bicyclic) bond motifs is 2. The number of hydrogen-bond acceptors (Lipinski definition) is 4. The molecule has 4 heteroatoms. The van der Waals surface area contributed by atoms with Gasteiger partial charge in [-0.2, -0.15) is 0 Å². The van der Waals surface area contributed by atoms with Crippen molar-refractivity contribution in [3.63, 3.8) is 0 Å². The molecular weight excluding hydrogens is 290 g/mol. The summed E-state index contributed by atoms with van der Waals surface area (Å²) in [4.78, 5) is 14.4. The first kappa shape index (κ1) is 15.6. The Hall–Kier alpha value is -2.33. The zero-order chi connectivity index (χ0) is 16.2. The van der Waals surface area contributed by atoms with Crippen LogP contribution in [0.25, 0.3) is 0 Å². The van der Waals surface area contributed by atoms with Gasteiger partial charge in [0.2, 0.25) is 0 Å². The minimum absolute atomic E-state index is 0.217. The molecule has 0 amide bonds. The van der Waals surface area contributed by atoms with Gasteiger partial charge in [0.1, 0.15) is 11.5 Å². The molecule has 0 radical (unpaired) electrons. The summed E-state index contributed by atoms with van der Waals surface area (Å²) in [7, 11) is 0. The Labute approximate surface area is 136 Å². The molecule has 0 bridgehead atoms. The summed E-state index contributed by atoms with van der Waals surface area (Å²) in [6.45, 7) is 6.03. The van der Waals surface area contributed by atoms with E-state index in [9.17, 15) is 4.79 Å². The molecule has 3 rings (SSSR count). The molecule has 0 saturated carbocycles. The van der Waals surface area contributed by atoms with Crippen molar-refractivity contribution in [3.05, 3.63) is 59.7 Å². The predicted octanol–water partition coefficient (Wildman–Crippen LogP) is 3.77. The van der Waals surface area contributed by atoms with Crippen LogP contribution in [0.1, 0.15) is 31.1 Å². The minimum atomic E-state index is -0.417. The van der Waals surface area contributed by atoms with Gasteiger partial charge >= 0.3 is 5.97 Å². The van der Waals surface area contributed by atoms with Gasteiger partial charge in [0.05, 0.1) is 6.54 Å². The van der Waals surface area contributed by atoms with Crippen LogP contribution < -0.4 is 4.74 Å². The van der Waals surface area contributed by atoms with Crippen LogP contribution >= 0.6 is 0 Å². The zero-order valence-electron chi connectivity index (χ0n) is 13.5. The molecular formula is C19H21NO3. The molecule has 1 heterocycles. The summed E-state index contributed by atoms with van der Waals surface area (Å²) in [5, 5.41) is 0. The monoisotopic (exact) mass is 311 g/mol. The smallest absolute Gasteiger partial charge is 0.321 e. The van der Waals surface area contributed by atoms with Gasteiger partial charge in [0, 0.05) is 11.1 Å². The van der Waals surface area contributed by atoms with Crippen LogP contribution in [0.5, 0.6) is 11.5 Å². The second-order valence-corrected chi connectivity index (χ2v) is 5.51. The molecule has 2 aromatic rings. The molecule has 0 spiro atoms. The van der Waals surface area contributed by atoms with E-state index < -0.39 is 6.10 Å². The standard InChI is InChI=1S/C19H21NO3/c1-3-20(4-2)13-18(21)23-19-14-9-5-7-11-16(14)22-17-12-8-6-10-15(17)19/h5-12,19H,3-4,13H2,1-2H3. The van der Waals surface area contributed by atoms with E-state index in [-0.39, 0.29) is 5.97 Å². The van der Waals surface area contributed by atoms with Crippen molar-refractivity contribution in [1.82, 2.24) is 4.90 Å². The Balaban J connectivity index is 1.88. The van der Waals surface area contributed by atoms with Gasteiger partial charge in [-0.1, -0.05) is 50.2 Å². The van der Waals surface area contributed by atoms with Gasteiger partial charge < -0.3 is 9.47 Å². The highest BCUT2D eigenvalue weighted by molar-refractivity contribution is 5.73. The van der Waals surface area contributed by atoms with E-state index in [1.54, 1.807) is 0 Å². The molecule has 0 atom stereocenters. The molecule has 23 heavy (non-hydrogen) atoms. The fraction of sp³-hybridized carbons (Fsp3) is 0.316. The summed E-state index contributed by atoms with van der Waals surface area (Å²) in [5.41, 5.74) is 1.78. The van der Waals surface area contributed by atoms with Crippen molar-refractivity contribution in [3.8, 4) is 11.5 Å². The lowest BCUT2D eigenvalue weighted by atomic mass is 9.97. The van der Waals surface area contributed by atoms with E-state index >= 15 is 0 Å². The normalized spacial score (nSPS) is 13.2. The van der Waals surface area contributed by atoms with Crippen LogP contribution in [0.3, 0.4) is 0 Å². The summed E-state index contributed by atoms with van der Waals surface area (Å²) < 4.78 is 11.7. The molecule has 2 aromatic carbocycles. The maximum atomic E-state index is 12.4. The molecule has 0 N–H and O–H groups in total. The van der Waals surface area contributed by atoms with Crippen LogP contribution in [-0.4, -0.2) is 30.5 Å². The first-order valence-electron chi connectivity index (χ1n) is 8.00. The topological polar surface area (TPSA) is 38.8 Å². The third kappa shape index (κ3) is 3.22. The molecule has 4 nitrogen and oxygen atoms in total. The summed E-state index contributed by atoms with van der Waals surface area (Å²) in [5.74, 6) is 1.27. The van der Waals surface area contributed by atoms with Gasteiger partial charge in [-0.05, 0) is 25.2 Å². The van der Waals surface area contributed by atoms with Gasteiger partial charge in [-0.15, -0.1) is 0 Å². The van der Waals surface area contributed by atoms with Crippen molar-refractivity contribution in [1.29, 1.82) is 0 Å². The summed E-state index contributed by atoms with van der Waals surface area (Å²) in [6.07, 6.45) is -0.417. The highest BCUT2D eigenvalue weighted by Crippen LogP contribution is 2.44. The summed E-state index contributed by atoms with van der Waals surface area (Å²) >= 11 is 0. The Bertz CT molecular complexity index is 649. The second-order valence-electron chi connectivity index (χ2n) is 5.51. The Kier molecular flexibility index (Phi) is 4.63.